The number of likely N-dealkylation sites (tertiary alicyclic amines) is 1. The first kappa shape index (κ1) is 20.6. The van der Waals surface area contributed by atoms with Crippen LogP contribution in [-0.4, -0.2) is 49.3 Å². The lowest BCUT2D eigenvalue weighted by atomic mass is 10.0. The van der Waals surface area contributed by atoms with Crippen LogP contribution in [0.5, 0.6) is 0 Å². The SMILES string of the molecule is CC[C@@H]1C[C@H](C(F)(F)F)n2nc(C3CCCN3C(=O)c3cnc(C)nc3C)cc2N1. The molecule has 0 radical (unpaired) electrons. The van der Waals surface area contributed by atoms with E-state index in [-0.39, 0.29) is 24.4 Å². The fourth-order valence-electron chi connectivity index (χ4n) is 4.37. The summed E-state index contributed by atoms with van der Waals surface area (Å²) in [5, 5.41) is 7.48. The zero-order valence-electron chi connectivity index (χ0n) is 17.2. The number of carbonyl (C=O) groups excluding carboxylic acids is 1. The van der Waals surface area contributed by atoms with Crippen LogP contribution in [0.1, 0.15) is 72.3 Å². The summed E-state index contributed by atoms with van der Waals surface area (Å²) in [5.41, 5.74) is 1.49. The van der Waals surface area contributed by atoms with Gasteiger partial charge in [0.25, 0.3) is 5.91 Å². The first-order chi connectivity index (χ1) is 14.2. The largest absolute Gasteiger partial charge is 0.410 e. The Morgan fingerprint density at radius 3 is 2.77 bits per heavy atom. The van der Waals surface area contributed by atoms with E-state index in [9.17, 15) is 18.0 Å². The van der Waals surface area contributed by atoms with Crippen LogP contribution >= 0.6 is 0 Å². The highest BCUT2D eigenvalue weighted by Gasteiger charge is 2.46. The molecule has 1 amide bonds. The van der Waals surface area contributed by atoms with Gasteiger partial charge in [0.15, 0.2) is 6.04 Å². The number of hydrogen-bond donors (Lipinski definition) is 1. The van der Waals surface area contributed by atoms with E-state index in [4.69, 9.17) is 0 Å². The lowest BCUT2D eigenvalue weighted by molar-refractivity contribution is -0.173. The third kappa shape index (κ3) is 3.63. The number of aromatic nitrogens is 4. The van der Waals surface area contributed by atoms with Gasteiger partial charge < -0.3 is 10.2 Å². The fourth-order valence-corrected chi connectivity index (χ4v) is 4.37. The molecule has 1 saturated heterocycles. The smallest absolute Gasteiger partial charge is 0.367 e. The summed E-state index contributed by atoms with van der Waals surface area (Å²) >= 11 is 0. The third-order valence-corrected chi connectivity index (χ3v) is 5.97. The number of hydrogen-bond acceptors (Lipinski definition) is 5. The quantitative estimate of drug-likeness (QED) is 0.810. The highest BCUT2D eigenvalue weighted by Crippen LogP contribution is 2.42. The summed E-state index contributed by atoms with van der Waals surface area (Å²) in [4.78, 5) is 23.2. The summed E-state index contributed by atoms with van der Waals surface area (Å²) in [6.07, 6.45) is -0.912. The predicted octanol–water partition coefficient (Wildman–Crippen LogP) is 3.96. The minimum absolute atomic E-state index is 0.0542. The molecule has 2 aromatic rings. The Labute approximate surface area is 172 Å². The van der Waals surface area contributed by atoms with Crippen LogP contribution in [0.15, 0.2) is 12.3 Å². The Morgan fingerprint density at radius 1 is 1.33 bits per heavy atom. The maximum absolute atomic E-state index is 13.7. The molecule has 10 heteroatoms. The van der Waals surface area contributed by atoms with Crippen molar-refractivity contribution in [2.75, 3.05) is 11.9 Å². The van der Waals surface area contributed by atoms with Crippen molar-refractivity contribution in [3.8, 4) is 0 Å². The molecule has 0 bridgehead atoms. The number of halogens is 3. The topological polar surface area (TPSA) is 75.9 Å². The molecule has 2 aliphatic heterocycles. The van der Waals surface area contributed by atoms with Gasteiger partial charge in [-0.3, -0.25) is 4.79 Å². The van der Waals surface area contributed by atoms with Crippen LogP contribution in [0, 0.1) is 13.8 Å². The number of alkyl halides is 3. The maximum Gasteiger partial charge on any atom is 0.410 e. The van der Waals surface area contributed by atoms with Gasteiger partial charge in [-0.15, -0.1) is 0 Å². The molecule has 3 atom stereocenters. The van der Waals surface area contributed by atoms with Crippen LogP contribution in [0.2, 0.25) is 0 Å². The van der Waals surface area contributed by atoms with Crippen molar-refractivity contribution in [1.29, 1.82) is 0 Å². The van der Waals surface area contributed by atoms with Gasteiger partial charge in [-0.05, 0) is 39.5 Å². The maximum atomic E-state index is 13.7. The summed E-state index contributed by atoms with van der Waals surface area (Å²) in [6.45, 7) is 5.89. The zero-order valence-corrected chi connectivity index (χ0v) is 17.2. The molecule has 1 fully saturated rings. The summed E-state index contributed by atoms with van der Waals surface area (Å²) in [7, 11) is 0. The van der Waals surface area contributed by atoms with Crippen molar-refractivity contribution in [2.24, 2.45) is 0 Å². The average molecular weight is 422 g/mol. The van der Waals surface area contributed by atoms with Crippen molar-refractivity contribution in [1.82, 2.24) is 24.6 Å². The number of anilines is 1. The monoisotopic (exact) mass is 422 g/mol. The molecule has 4 rings (SSSR count). The highest BCUT2D eigenvalue weighted by atomic mass is 19.4. The van der Waals surface area contributed by atoms with Gasteiger partial charge in [0, 0.05) is 24.8 Å². The second-order valence-electron chi connectivity index (χ2n) is 8.01. The standard InChI is InChI=1S/C20H25F3N6O/c1-4-13-8-17(20(21,22)23)29-18(26-13)9-15(27-29)16-6-5-7-28(16)19(30)14-10-24-12(3)25-11(14)2/h9-10,13,16-17,26H,4-8H2,1-3H3/t13-,16?,17-/m1/s1. The van der Waals surface area contributed by atoms with Crippen LogP contribution in [0.3, 0.4) is 0 Å². The molecule has 2 aliphatic rings. The van der Waals surface area contributed by atoms with Crippen molar-refractivity contribution < 1.29 is 18.0 Å². The molecule has 0 saturated carbocycles. The lowest BCUT2D eigenvalue weighted by Gasteiger charge is -2.32. The van der Waals surface area contributed by atoms with Gasteiger partial charge in [-0.2, -0.15) is 18.3 Å². The molecule has 7 nitrogen and oxygen atoms in total. The van der Waals surface area contributed by atoms with Gasteiger partial charge >= 0.3 is 6.18 Å². The molecule has 1 unspecified atom stereocenters. The van der Waals surface area contributed by atoms with Gasteiger partial charge in [0.2, 0.25) is 0 Å². The Kier molecular flexibility index (Phi) is 5.19. The van der Waals surface area contributed by atoms with Gasteiger partial charge in [0.1, 0.15) is 11.6 Å². The Morgan fingerprint density at radius 2 is 2.10 bits per heavy atom. The molecule has 4 heterocycles. The van der Waals surface area contributed by atoms with E-state index in [1.165, 1.54) is 6.20 Å². The average Bonchev–Trinajstić information content (AvgIpc) is 3.32. The van der Waals surface area contributed by atoms with E-state index in [0.717, 1.165) is 11.1 Å². The molecule has 0 spiro atoms. The summed E-state index contributed by atoms with van der Waals surface area (Å²) < 4.78 is 42.0. The van der Waals surface area contributed by atoms with E-state index in [1.54, 1.807) is 24.8 Å². The molecular formula is C20H25F3N6O. The first-order valence-electron chi connectivity index (χ1n) is 10.2. The van der Waals surface area contributed by atoms with Gasteiger partial charge in [-0.1, -0.05) is 6.92 Å². The molecular weight excluding hydrogens is 397 g/mol. The van der Waals surface area contributed by atoms with Crippen molar-refractivity contribution >= 4 is 11.7 Å². The number of nitrogens with zero attached hydrogens (tertiary/aromatic N) is 5. The molecule has 162 valence electrons. The first-order valence-corrected chi connectivity index (χ1v) is 10.2. The van der Waals surface area contributed by atoms with Gasteiger partial charge in [-0.25, -0.2) is 14.6 Å². The van der Waals surface area contributed by atoms with E-state index >= 15 is 0 Å². The predicted molar refractivity (Wildman–Crippen MR) is 104 cm³/mol. The minimum atomic E-state index is -4.38. The summed E-state index contributed by atoms with van der Waals surface area (Å²) in [6, 6.07) is -0.629. The van der Waals surface area contributed by atoms with Crippen LogP contribution < -0.4 is 5.32 Å². The van der Waals surface area contributed by atoms with Crippen LogP contribution in [0.25, 0.3) is 0 Å². The normalized spacial score (nSPS) is 23.9. The lowest BCUT2D eigenvalue weighted by Crippen LogP contribution is -2.39. The zero-order chi connectivity index (χ0) is 21.6. The summed E-state index contributed by atoms with van der Waals surface area (Å²) in [5.74, 6) is 0.728. The van der Waals surface area contributed by atoms with Crippen molar-refractivity contribution in [2.45, 2.75) is 70.8 Å². The molecule has 30 heavy (non-hydrogen) atoms. The van der Waals surface area contributed by atoms with E-state index in [1.807, 2.05) is 6.92 Å². The third-order valence-electron chi connectivity index (χ3n) is 5.97. The molecule has 1 N–H and O–H groups in total. The van der Waals surface area contributed by atoms with Crippen molar-refractivity contribution in [3.05, 3.63) is 35.0 Å². The number of aryl methyl sites for hydroxylation is 2. The number of nitrogens with one attached hydrogen (secondary N) is 1. The molecule has 0 aromatic carbocycles. The van der Waals surface area contributed by atoms with E-state index in [2.05, 4.69) is 20.4 Å². The van der Waals surface area contributed by atoms with Crippen LogP contribution in [-0.2, 0) is 0 Å². The van der Waals surface area contributed by atoms with Crippen LogP contribution in [0.4, 0.5) is 19.0 Å². The second-order valence-corrected chi connectivity index (χ2v) is 8.01. The number of amides is 1. The molecule has 2 aromatic heterocycles. The Hall–Kier alpha value is -2.65. The van der Waals surface area contributed by atoms with E-state index < -0.39 is 12.2 Å². The number of fused-ring (bicyclic) bond motifs is 1. The number of rotatable bonds is 3. The second kappa shape index (κ2) is 7.55. The fraction of sp³-hybridized carbons (Fsp3) is 0.600. The Balaban J connectivity index is 1.66. The van der Waals surface area contributed by atoms with Gasteiger partial charge in [0.05, 0.1) is 23.0 Å². The molecule has 0 aliphatic carbocycles. The highest BCUT2D eigenvalue weighted by molar-refractivity contribution is 5.95. The minimum Gasteiger partial charge on any atom is -0.367 e. The Bertz CT molecular complexity index is 957. The van der Waals surface area contributed by atoms with E-state index in [0.29, 0.717) is 48.0 Å². The number of carbonyl (C=O) groups is 1. The van der Waals surface area contributed by atoms with Crippen molar-refractivity contribution in [3.63, 3.8) is 0 Å².